The van der Waals surface area contributed by atoms with Crippen LogP contribution in [0.1, 0.15) is 49.9 Å². The van der Waals surface area contributed by atoms with Crippen LogP contribution in [0.15, 0.2) is 24.3 Å². The quantitative estimate of drug-likeness (QED) is 0.894. The summed E-state index contributed by atoms with van der Waals surface area (Å²) in [6.07, 6.45) is 3.23. The Morgan fingerprint density at radius 3 is 2.57 bits per heavy atom. The lowest BCUT2D eigenvalue weighted by molar-refractivity contribution is -0.122. The summed E-state index contributed by atoms with van der Waals surface area (Å²) in [5, 5.41) is 3.50. The van der Waals surface area contributed by atoms with Crippen LogP contribution in [0, 0.1) is 5.92 Å². The fourth-order valence-corrected chi connectivity index (χ4v) is 3.06. The SMILES string of the molecule is CCC(C)NC(=O)CC1CCN(C(=O)c2ccccc2Cl)CC1. The van der Waals surface area contributed by atoms with Crippen molar-refractivity contribution in [1.29, 1.82) is 0 Å². The maximum Gasteiger partial charge on any atom is 0.255 e. The number of nitrogens with zero attached hydrogens (tertiary/aromatic N) is 1. The van der Waals surface area contributed by atoms with Crippen molar-refractivity contribution in [3.05, 3.63) is 34.9 Å². The normalized spacial score (nSPS) is 16.9. The van der Waals surface area contributed by atoms with E-state index in [2.05, 4.69) is 12.2 Å². The first-order chi connectivity index (χ1) is 11.0. The molecule has 1 aromatic rings. The van der Waals surface area contributed by atoms with Crippen molar-refractivity contribution in [3.63, 3.8) is 0 Å². The second-order valence-corrected chi connectivity index (χ2v) is 6.70. The lowest BCUT2D eigenvalue weighted by Crippen LogP contribution is -2.40. The highest BCUT2D eigenvalue weighted by Crippen LogP contribution is 2.24. The minimum absolute atomic E-state index is 0.0156. The Kier molecular flexibility index (Phi) is 6.46. The maximum absolute atomic E-state index is 12.5. The van der Waals surface area contributed by atoms with Crippen LogP contribution >= 0.6 is 11.6 Å². The fourth-order valence-electron chi connectivity index (χ4n) is 2.84. The van der Waals surface area contributed by atoms with E-state index in [0.29, 0.717) is 36.0 Å². The standard InChI is InChI=1S/C18H25ClN2O2/c1-3-13(2)20-17(22)12-14-8-10-21(11-9-14)18(23)15-6-4-5-7-16(15)19/h4-7,13-14H,3,8-12H2,1-2H3,(H,20,22). The van der Waals surface area contributed by atoms with E-state index in [4.69, 9.17) is 11.6 Å². The Morgan fingerprint density at radius 2 is 1.96 bits per heavy atom. The molecular weight excluding hydrogens is 312 g/mol. The average molecular weight is 337 g/mol. The molecule has 0 aliphatic carbocycles. The van der Waals surface area contributed by atoms with Gasteiger partial charge in [0.2, 0.25) is 5.91 Å². The molecule has 2 amide bonds. The molecule has 0 radical (unpaired) electrons. The van der Waals surface area contributed by atoms with Gasteiger partial charge in [0.1, 0.15) is 0 Å². The number of nitrogens with one attached hydrogen (secondary N) is 1. The van der Waals surface area contributed by atoms with Gasteiger partial charge >= 0.3 is 0 Å². The van der Waals surface area contributed by atoms with Gasteiger partial charge in [-0.3, -0.25) is 9.59 Å². The lowest BCUT2D eigenvalue weighted by atomic mass is 9.92. The number of carbonyl (C=O) groups is 2. The van der Waals surface area contributed by atoms with Gasteiger partial charge in [0.15, 0.2) is 0 Å². The molecule has 1 N–H and O–H groups in total. The third kappa shape index (κ3) is 4.96. The lowest BCUT2D eigenvalue weighted by Gasteiger charge is -2.32. The summed E-state index contributed by atoms with van der Waals surface area (Å²) >= 11 is 6.10. The highest BCUT2D eigenvalue weighted by atomic mass is 35.5. The Labute approximate surface area is 143 Å². The number of carbonyl (C=O) groups excluding carboxylic acids is 2. The molecule has 1 unspecified atom stereocenters. The van der Waals surface area contributed by atoms with Crippen LogP contribution in [0.25, 0.3) is 0 Å². The second kappa shape index (κ2) is 8.34. The van der Waals surface area contributed by atoms with Gasteiger partial charge < -0.3 is 10.2 Å². The van der Waals surface area contributed by atoms with Crippen LogP contribution in [-0.4, -0.2) is 35.8 Å². The fraction of sp³-hybridized carbons (Fsp3) is 0.556. The zero-order valence-corrected chi connectivity index (χ0v) is 14.6. The predicted octanol–water partition coefficient (Wildman–Crippen LogP) is 3.50. The summed E-state index contributed by atoms with van der Waals surface area (Å²) in [6.45, 7) is 5.45. The van der Waals surface area contributed by atoms with E-state index in [-0.39, 0.29) is 17.9 Å². The smallest absolute Gasteiger partial charge is 0.255 e. The number of likely N-dealkylation sites (tertiary alicyclic amines) is 1. The molecule has 5 heteroatoms. The number of amides is 2. The third-order valence-electron chi connectivity index (χ3n) is 4.50. The van der Waals surface area contributed by atoms with E-state index in [1.165, 1.54) is 0 Å². The number of rotatable bonds is 5. The molecule has 0 spiro atoms. The Balaban J connectivity index is 1.83. The van der Waals surface area contributed by atoms with E-state index in [9.17, 15) is 9.59 Å². The van der Waals surface area contributed by atoms with Gasteiger partial charge in [0.25, 0.3) is 5.91 Å². The van der Waals surface area contributed by atoms with Crippen molar-refractivity contribution in [3.8, 4) is 0 Å². The predicted molar refractivity (Wildman–Crippen MR) is 92.6 cm³/mol. The van der Waals surface area contributed by atoms with Gasteiger partial charge in [-0.05, 0) is 44.2 Å². The molecule has 1 aliphatic heterocycles. The van der Waals surface area contributed by atoms with E-state index in [1.807, 2.05) is 24.0 Å². The molecule has 23 heavy (non-hydrogen) atoms. The first-order valence-corrected chi connectivity index (χ1v) is 8.72. The van der Waals surface area contributed by atoms with E-state index in [0.717, 1.165) is 19.3 Å². The van der Waals surface area contributed by atoms with Crippen LogP contribution in [0.4, 0.5) is 0 Å². The minimum Gasteiger partial charge on any atom is -0.354 e. The summed E-state index contributed by atoms with van der Waals surface area (Å²) in [6, 6.07) is 7.37. The molecule has 126 valence electrons. The molecule has 0 saturated carbocycles. The first-order valence-electron chi connectivity index (χ1n) is 8.34. The highest BCUT2D eigenvalue weighted by Gasteiger charge is 2.26. The maximum atomic E-state index is 12.5. The zero-order valence-electron chi connectivity index (χ0n) is 13.8. The molecule has 0 aromatic heterocycles. The van der Waals surface area contributed by atoms with Crippen molar-refractivity contribution in [2.24, 2.45) is 5.92 Å². The third-order valence-corrected chi connectivity index (χ3v) is 4.83. The summed E-state index contributed by atoms with van der Waals surface area (Å²) in [5.74, 6) is 0.461. The molecule has 1 aromatic carbocycles. The summed E-state index contributed by atoms with van der Waals surface area (Å²) in [4.78, 5) is 26.3. The van der Waals surface area contributed by atoms with Crippen molar-refractivity contribution >= 4 is 23.4 Å². The van der Waals surface area contributed by atoms with E-state index >= 15 is 0 Å². The van der Waals surface area contributed by atoms with Gasteiger partial charge in [-0.1, -0.05) is 30.7 Å². The van der Waals surface area contributed by atoms with Crippen LogP contribution in [0.2, 0.25) is 5.02 Å². The summed E-state index contributed by atoms with van der Waals surface area (Å²) in [7, 11) is 0. The highest BCUT2D eigenvalue weighted by molar-refractivity contribution is 6.33. The molecule has 1 atom stereocenters. The molecule has 1 saturated heterocycles. The Bertz CT molecular complexity index is 554. The molecule has 1 fully saturated rings. The largest absolute Gasteiger partial charge is 0.354 e. The summed E-state index contributed by atoms with van der Waals surface area (Å²) < 4.78 is 0. The van der Waals surface area contributed by atoms with Crippen molar-refractivity contribution in [2.75, 3.05) is 13.1 Å². The Morgan fingerprint density at radius 1 is 1.30 bits per heavy atom. The van der Waals surface area contributed by atoms with E-state index < -0.39 is 0 Å². The molecule has 0 bridgehead atoms. The van der Waals surface area contributed by atoms with Gasteiger partial charge in [0, 0.05) is 25.6 Å². The molecule has 1 aliphatic rings. The van der Waals surface area contributed by atoms with Gasteiger partial charge in [-0.2, -0.15) is 0 Å². The molecular formula is C18H25ClN2O2. The van der Waals surface area contributed by atoms with Crippen molar-refractivity contribution in [1.82, 2.24) is 10.2 Å². The van der Waals surface area contributed by atoms with Crippen LogP contribution in [0.5, 0.6) is 0 Å². The van der Waals surface area contributed by atoms with Gasteiger partial charge in [-0.25, -0.2) is 0 Å². The van der Waals surface area contributed by atoms with Crippen LogP contribution < -0.4 is 5.32 Å². The minimum atomic E-state index is -0.0156. The number of piperidine rings is 1. The van der Waals surface area contributed by atoms with Gasteiger partial charge in [-0.15, -0.1) is 0 Å². The molecule has 4 nitrogen and oxygen atoms in total. The van der Waals surface area contributed by atoms with Crippen LogP contribution in [0.3, 0.4) is 0 Å². The number of hydrogen-bond acceptors (Lipinski definition) is 2. The average Bonchev–Trinajstić information content (AvgIpc) is 2.55. The zero-order chi connectivity index (χ0) is 16.8. The van der Waals surface area contributed by atoms with Crippen LogP contribution in [-0.2, 0) is 4.79 Å². The Hall–Kier alpha value is -1.55. The van der Waals surface area contributed by atoms with Crippen molar-refractivity contribution < 1.29 is 9.59 Å². The molecule has 1 heterocycles. The summed E-state index contributed by atoms with van der Waals surface area (Å²) in [5.41, 5.74) is 0.558. The monoisotopic (exact) mass is 336 g/mol. The van der Waals surface area contributed by atoms with Gasteiger partial charge in [0.05, 0.1) is 10.6 Å². The van der Waals surface area contributed by atoms with Crippen molar-refractivity contribution in [2.45, 2.75) is 45.6 Å². The first kappa shape index (κ1) is 17.8. The number of halogens is 1. The topological polar surface area (TPSA) is 49.4 Å². The van der Waals surface area contributed by atoms with E-state index in [1.54, 1.807) is 12.1 Å². The number of hydrogen-bond donors (Lipinski definition) is 1. The number of benzene rings is 1. The molecule has 2 rings (SSSR count). The second-order valence-electron chi connectivity index (χ2n) is 6.30.